The first-order chi connectivity index (χ1) is 19.5. The van der Waals surface area contributed by atoms with Gasteiger partial charge in [0.1, 0.15) is 30.9 Å². The van der Waals surface area contributed by atoms with Crippen LogP contribution in [-0.4, -0.2) is 64.1 Å². The number of aliphatic hydroxyl groups is 1. The van der Waals surface area contributed by atoms with Gasteiger partial charge < -0.3 is 30.2 Å². The lowest BCUT2D eigenvalue weighted by Gasteiger charge is -2.24. The number of carbonyl (C=O) groups is 1. The summed E-state index contributed by atoms with van der Waals surface area (Å²) >= 11 is 1.19. The Kier molecular flexibility index (Phi) is 9.39. The number of imidazole rings is 1. The van der Waals surface area contributed by atoms with E-state index in [0.29, 0.717) is 0 Å². The Labute approximate surface area is 236 Å². The molecule has 3 heterocycles. The van der Waals surface area contributed by atoms with Crippen LogP contribution in [0.5, 0.6) is 5.75 Å². The summed E-state index contributed by atoms with van der Waals surface area (Å²) in [5, 5.41) is 23.0. The number of aliphatic hydroxyl groups excluding tert-OH is 1. The molecule has 1 aromatic carbocycles. The molecule has 17 nitrogen and oxygen atoms in total. The molecule has 19 heteroatoms. The van der Waals surface area contributed by atoms with Crippen molar-refractivity contribution in [3.8, 4) is 5.75 Å². The minimum absolute atomic E-state index is 0.165. The summed E-state index contributed by atoms with van der Waals surface area (Å²) in [4.78, 5) is 46.3. The van der Waals surface area contributed by atoms with Gasteiger partial charge in [-0.15, -0.1) is 11.8 Å². The largest absolute Gasteiger partial charge is 0.459 e. The zero-order chi connectivity index (χ0) is 29.7. The predicted octanol–water partition coefficient (Wildman–Crippen LogP) is 1.15. The number of nitro groups is 1. The lowest BCUT2D eigenvalue weighted by atomic mass is 10.2. The molecule has 41 heavy (non-hydrogen) atoms. The van der Waals surface area contributed by atoms with E-state index >= 15 is 0 Å². The first-order valence-corrected chi connectivity index (χ1v) is 14.6. The maximum atomic E-state index is 13.8. The number of nitrogen functional groups attached to an aromatic ring is 1. The van der Waals surface area contributed by atoms with Crippen molar-refractivity contribution in [1.82, 2.24) is 29.2 Å². The molecule has 4 rings (SSSR count). The van der Waals surface area contributed by atoms with E-state index in [1.165, 1.54) is 47.4 Å². The SMILES string of the molecule is C[C@H](NP(=O)(OC[C@H]1S[C@@H](n2cnc(N)nc2=O)CC1O)Oc1ccccc1)C(=O)OCc1cnc([N+](=O)[O-])n1C. The van der Waals surface area contributed by atoms with E-state index in [1.54, 1.807) is 30.3 Å². The van der Waals surface area contributed by atoms with Crippen molar-refractivity contribution < 1.29 is 33.2 Å². The van der Waals surface area contributed by atoms with Gasteiger partial charge in [-0.05, 0) is 24.0 Å². The van der Waals surface area contributed by atoms with E-state index in [2.05, 4.69) is 20.0 Å². The smallest absolute Gasteiger partial charge is 0.456 e. The third kappa shape index (κ3) is 7.47. The molecule has 1 saturated heterocycles. The first-order valence-electron chi connectivity index (χ1n) is 12.1. The molecule has 2 unspecified atom stereocenters. The molecule has 2 aromatic heterocycles. The number of rotatable bonds is 12. The lowest BCUT2D eigenvalue weighted by Crippen LogP contribution is -2.36. The Morgan fingerprint density at radius 2 is 2.10 bits per heavy atom. The quantitative estimate of drug-likeness (QED) is 0.113. The van der Waals surface area contributed by atoms with E-state index in [-0.39, 0.29) is 37.0 Å². The number of esters is 1. The summed E-state index contributed by atoms with van der Waals surface area (Å²) in [5.41, 5.74) is 5.08. The predicted molar refractivity (Wildman–Crippen MR) is 145 cm³/mol. The van der Waals surface area contributed by atoms with Crippen LogP contribution in [0.1, 0.15) is 24.4 Å². The van der Waals surface area contributed by atoms with Gasteiger partial charge in [0.25, 0.3) is 0 Å². The number of nitrogens with one attached hydrogen (secondary N) is 1. The van der Waals surface area contributed by atoms with Gasteiger partial charge in [-0.3, -0.25) is 13.9 Å². The molecule has 0 spiro atoms. The van der Waals surface area contributed by atoms with Crippen molar-refractivity contribution in [2.45, 2.75) is 42.7 Å². The van der Waals surface area contributed by atoms with Gasteiger partial charge >= 0.3 is 25.4 Å². The zero-order valence-electron chi connectivity index (χ0n) is 21.8. The minimum Gasteiger partial charge on any atom is -0.456 e. The maximum Gasteiger partial charge on any atom is 0.459 e. The van der Waals surface area contributed by atoms with Gasteiger partial charge in [-0.25, -0.2) is 18.9 Å². The number of nitrogens with two attached hydrogens (primary N) is 1. The summed E-state index contributed by atoms with van der Waals surface area (Å²) < 4.78 is 32.7. The van der Waals surface area contributed by atoms with Crippen molar-refractivity contribution >= 4 is 37.4 Å². The lowest BCUT2D eigenvalue weighted by molar-refractivity contribution is -0.396. The topological polar surface area (TPSA) is 229 Å². The zero-order valence-corrected chi connectivity index (χ0v) is 23.5. The molecular formula is C22H27N8O9PS. The number of thioether (sulfide) groups is 1. The van der Waals surface area contributed by atoms with Crippen LogP contribution < -0.4 is 21.0 Å². The van der Waals surface area contributed by atoms with E-state index in [0.717, 1.165) is 0 Å². The third-order valence-corrected chi connectivity index (χ3v) is 9.11. The van der Waals surface area contributed by atoms with Crippen molar-refractivity contribution in [3.05, 3.63) is 69.1 Å². The molecule has 0 radical (unpaired) electrons. The normalized spacial score (nSPS) is 20.7. The number of ether oxygens (including phenoxy) is 1. The van der Waals surface area contributed by atoms with Gasteiger partial charge in [-0.1, -0.05) is 23.2 Å². The van der Waals surface area contributed by atoms with Gasteiger partial charge in [0, 0.05) is 6.42 Å². The van der Waals surface area contributed by atoms with E-state index in [9.17, 15) is 29.4 Å². The highest BCUT2D eigenvalue weighted by Gasteiger charge is 2.39. The number of benzene rings is 1. The Morgan fingerprint density at radius 1 is 1.37 bits per heavy atom. The van der Waals surface area contributed by atoms with Crippen LogP contribution in [-0.2, 0) is 32.3 Å². The Bertz CT molecular complexity index is 1500. The average Bonchev–Trinajstić information content (AvgIpc) is 3.48. The van der Waals surface area contributed by atoms with E-state index < -0.39 is 53.0 Å². The van der Waals surface area contributed by atoms with Crippen LogP contribution in [0.25, 0.3) is 0 Å². The summed E-state index contributed by atoms with van der Waals surface area (Å²) in [6, 6.07) is 6.91. The molecule has 4 N–H and O–H groups in total. The van der Waals surface area contributed by atoms with Crippen LogP contribution in [0, 0.1) is 10.1 Å². The molecular weight excluding hydrogens is 583 g/mol. The van der Waals surface area contributed by atoms with Gasteiger partial charge in [0.15, 0.2) is 5.69 Å². The van der Waals surface area contributed by atoms with Crippen molar-refractivity contribution in [2.24, 2.45) is 7.05 Å². The average molecular weight is 611 g/mol. The fourth-order valence-corrected chi connectivity index (χ4v) is 6.81. The van der Waals surface area contributed by atoms with Gasteiger partial charge in [-0.2, -0.15) is 10.1 Å². The van der Waals surface area contributed by atoms with Gasteiger partial charge in [0.05, 0.1) is 30.4 Å². The highest BCUT2D eigenvalue weighted by Crippen LogP contribution is 2.48. The maximum absolute atomic E-state index is 13.8. The molecule has 5 atom stereocenters. The molecule has 0 saturated carbocycles. The number of hydrogen-bond donors (Lipinski definition) is 3. The van der Waals surface area contributed by atoms with E-state index in [4.69, 9.17) is 19.5 Å². The Balaban J connectivity index is 1.42. The van der Waals surface area contributed by atoms with Crippen LogP contribution in [0.2, 0.25) is 0 Å². The van der Waals surface area contributed by atoms with Crippen LogP contribution >= 0.6 is 19.5 Å². The molecule has 0 amide bonds. The number of aromatic nitrogens is 5. The number of para-hydroxylation sites is 1. The molecule has 1 aliphatic heterocycles. The number of carbonyl (C=O) groups excluding carboxylic acids is 1. The monoisotopic (exact) mass is 610 g/mol. The molecule has 1 aliphatic rings. The highest BCUT2D eigenvalue weighted by molar-refractivity contribution is 8.00. The van der Waals surface area contributed by atoms with Crippen molar-refractivity contribution in [1.29, 1.82) is 0 Å². The molecule has 3 aromatic rings. The van der Waals surface area contributed by atoms with Crippen LogP contribution in [0.3, 0.4) is 0 Å². The number of hydrogen-bond acceptors (Lipinski definition) is 14. The summed E-state index contributed by atoms with van der Waals surface area (Å²) in [7, 11) is -2.84. The highest BCUT2D eigenvalue weighted by atomic mass is 32.2. The fraction of sp³-hybridized carbons (Fsp3) is 0.409. The number of nitrogens with zero attached hydrogens (tertiary/aromatic N) is 6. The molecule has 0 aliphatic carbocycles. The van der Waals surface area contributed by atoms with Crippen molar-refractivity contribution in [2.75, 3.05) is 12.3 Å². The Hall–Kier alpha value is -3.83. The molecule has 0 bridgehead atoms. The Morgan fingerprint density at radius 3 is 2.76 bits per heavy atom. The van der Waals surface area contributed by atoms with Crippen LogP contribution in [0.15, 0.2) is 47.7 Å². The summed E-state index contributed by atoms with van der Waals surface area (Å²) in [6.45, 7) is 0.777. The first kappa shape index (κ1) is 30.1. The van der Waals surface area contributed by atoms with Crippen molar-refractivity contribution in [3.63, 3.8) is 0 Å². The second-order valence-corrected chi connectivity index (χ2v) is 12.0. The second kappa shape index (κ2) is 12.8. The molecule has 220 valence electrons. The summed E-state index contributed by atoms with van der Waals surface area (Å²) in [6.07, 6.45) is 1.67. The summed E-state index contributed by atoms with van der Waals surface area (Å²) in [5.74, 6) is -1.24. The fourth-order valence-electron chi connectivity index (χ4n) is 3.77. The second-order valence-electron chi connectivity index (χ2n) is 8.86. The van der Waals surface area contributed by atoms with Crippen LogP contribution in [0.4, 0.5) is 11.9 Å². The number of anilines is 1. The molecule has 1 fully saturated rings. The van der Waals surface area contributed by atoms with Gasteiger partial charge in [0.2, 0.25) is 5.95 Å². The third-order valence-electron chi connectivity index (χ3n) is 5.93. The van der Waals surface area contributed by atoms with E-state index in [1.807, 2.05) is 0 Å². The minimum atomic E-state index is -4.24. The standard InChI is InChI=1S/C22H27N8O9PS/c1-13(19(32)37-10-14-9-24-21(28(14)2)30(34)35)27-40(36,39-15-6-4-3-5-7-15)38-11-17-16(31)8-18(41-17)29-12-25-20(23)26-22(29)33/h3-7,9,12-13,16-18,31H,8,10-11H2,1-2H3,(H,27,36)(H2,23,26,33)/t13-,16?,17+,18+,40?/m0/s1.